The molecule has 2 N–H and O–H groups in total. The number of likely N-dealkylation sites (tertiary alicyclic amines) is 2. The average molecular weight is 269 g/mol. The molecule has 2 unspecified atom stereocenters. The van der Waals surface area contributed by atoms with Crippen molar-refractivity contribution in [1.29, 1.82) is 0 Å². The van der Waals surface area contributed by atoms with E-state index in [-0.39, 0.29) is 18.4 Å². The molecule has 19 heavy (non-hydrogen) atoms. The summed E-state index contributed by atoms with van der Waals surface area (Å²) < 4.78 is 0. The molecule has 0 radical (unpaired) electrons. The Balaban J connectivity index is 1.68. The Labute approximate surface area is 113 Å². The van der Waals surface area contributed by atoms with Gasteiger partial charge in [-0.3, -0.25) is 4.79 Å². The summed E-state index contributed by atoms with van der Waals surface area (Å²) in [6.07, 6.45) is 2.10. The number of hydrogen-bond donors (Lipinski definition) is 2. The Morgan fingerprint density at radius 1 is 1.21 bits per heavy atom. The van der Waals surface area contributed by atoms with Gasteiger partial charge in [0.25, 0.3) is 0 Å². The summed E-state index contributed by atoms with van der Waals surface area (Å²) in [5.41, 5.74) is 0. The van der Waals surface area contributed by atoms with E-state index in [0.29, 0.717) is 19.0 Å². The molecule has 2 aliphatic heterocycles. The highest BCUT2D eigenvalue weighted by Gasteiger charge is 2.28. The summed E-state index contributed by atoms with van der Waals surface area (Å²) in [6, 6.07) is -0.0394. The fourth-order valence-corrected chi connectivity index (χ4v) is 2.97. The molecule has 2 fully saturated rings. The zero-order chi connectivity index (χ0) is 13.8. The zero-order valence-corrected chi connectivity index (χ0v) is 11.5. The van der Waals surface area contributed by atoms with Crippen molar-refractivity contribution in [3.8, 4) is 0 Å². The van der Waals surface area contributed by atoms with Crippen LogP contribution in [-0.2, 0) is 4.79 Å². The third-order valence-electron chi connectivity index (χ3n) is 4.07. The minimum Gasteiger partial charge on any atom is -0.481 e. The molecule has 2 rings (SSSR count). The van der Waals surface area contributed by atoms with Crippen molar-refractivity contribution in [2.45, 2.75) is 19.3 Å². The molecule has 108 valence electrons. The lowest BCUT2D eigenvalue weighted by Gasteiger charge is -2.19. The smallest absolute Gasteiger partial charge is 0.317 e. The monoisotopic (exact) mass is 269 g/mol. The van der Waals surface area contributed by atoms with Crippen molar-refractivity contribution in [3.05, 3.63) is 0 Å². The molecule has 2 amide bonds. The summed E-state index contributed by atoms with van der Waals surface area (Å²) in [6.45, 7) is 4.12. The van der Waals surface area contributed by atoms with E-state index in [2.05, 4.69) is 17.3 Å². The summed E-state index contributed by atoms with van der Waals surface area (Å²) in [7, 11) is 2.10. The SMILES string of the molecule is CN1CCC(CNC(=O)N2CCC(CC(=O)O)C2)C1. The lowest BCUT2D eigenvalue weighted by atomic mass is 10.1. The molecular weight excluding hydrogens is 246 g/mol. The van der Waals surface area contributed by atoms with Crippen LogP contribution in [0.4, 0.5) is 4.79 Å². The van der Waals surface area contributed by atoms with E-state index in [0.717, 1.165) is 32.5 Å². The maximum Gasteiger partial charge on any atom is 0.317 e. The molecule has 0 aromatic heterocycles. The van der Waals surface area contributed by atoms with Crippen molar-refractivity contribution in [2.75, 3.05) is 39.8 Å². The number of carboxylic acid groups (broad SMARTS) is 1. The van der Waals surface area contributed by atoms with Crippen molar-refractivity contribution in [2.24, 2.45) is 11.8 Å². The second-order valence-electron chi connectivity index (χ2n) is 5.80. The first kappa shape index (κ1) is 14.1. The standard InChI is InChI=1S/C13H23N3O3/c1-15-4-2-11(8-15)7-14-13(19)16-5-3-10(9-16)6-12(17)18/h10-11H,2-9H2,1H3,(H,14,19)(H,17,18). The molecule has 0 spiro atoms. The van der Waals surface area contributed by atoms with E-state index in [9.17, 15) is 9.59 Å². The molecular formula is C13H23N3O3. The molecule has 0 aromatic rings. The second kappa shape index (κ2) is 6.23. The van der Waals surface area contributed by atoms with Crippen molar-refractivity contribution >= 4 is 12.0 Å². The van der Waals surface area contributed by atoms with Crippen LogP contribution in [0.1, 0.15) is 19.3 Å². The summed E-state index contributed by atoms with van der Waals surface area (Å²) in [5, 5.41) is 11.7. The molecule has 0 aromatic carbocycles. The lowest BCUT2D eigenvalue weighted by molar-refractivity contribution is -0.138. The van der Waals surface area contributed by atoms with Crippen LogP contribution < -0.4 is 5.32 Å². The van der Waals surface area contributed by atoms with E-state index in [1.54, 1.807) is 4.90 Å². The highest BCUT2D eigenvalue weighted by atomic mass is 16.4. The molecule has 2 atom stereocenters. The van der Waals surface area contributed by atoms with Crippen molar-refractivity contribution < 1.29 is 14.7 Å². The predicted molar refractivity (Wildman–Crippen MR) is 70.9 cm³/mol. The lowest BCUT2D eigenvalue weighted by Crippen LogP contribution is -2.41. The molecule has 6 heteroatoms. The number of carbonyl (C=O) groups excluding carboxylic acids is 1. The quantitative estimate of drug-likeness (QED) is 0.777. The number of nitrogens with one attached hydrogen (secondary N) is 1. The highest BCUT2D eigenvalue weighted by molar-refractivity contribution is 5.74. The molecule has 2 heterocycles. The van der Waals surface area contributed by atoms with Crippen LogP contribution in [0.25, 0.3) is 0 Å². The number of carboxylic acids is 1. The summed E-state index contributed by atoms with van der Waals surface area (Å²) in [5.74, 6) is -0.117. The van der Waals surface area contributed by atoms with E-state index in [1.165, 1.54) is 0 Å². The number of aliphatic carboxylic acids is 1. The Hall–Kier alpha value is -1.30. The van der Waals surface area contributed by atoms with Gasteiger partial charge in [0.2, 0.25) is 0 Å². The third-order valence-corrected chi connectivity index (χ3v) is 4.07. The van der Waals surface area contributed by atoms with E-state index >= 15 is 0 Å². The third kappa shape index (κ3) is 4.09. The molecule has 6 nitrogen and oxygen atoms in total. The average Bonchev–Trinajstić information content (AvgIpc) is 2.95. The number of nitrogens with zero attached hydrogens (tertiary/aromatic N) is 2. The first-order valence-corrected chi connectivity index (χ1v) is 6.97. The molecule has 0 bridgehead atoms. The fraction of sp³-hybridized carbons (Fsp3) is 0.846. The van der Waals surface area contributed by atoms with Gasteiger partial charge in [0.05, 0.1) is 0 Å². The number of amides is 2. The van der Waals surface area contributed by atoms with Gasteiger partial charge in [-0.05, 0) is 38.3 Å². The Morgan fingerprint density at radius 3 is 2.58 bits per heavy atom. The Morgan fingerprint density at radius 2 is 1.95 bits per heavy atom. The predicted octanol–water partition coefficient (Wildman–Crippen LogP) is 0.444. The van der Waals surface area contributed by atoms with Gasteiger partial charge >= 0.3 is 12.0 Å². The second-order valence-corrected chi connectivity index (χ2v) is 5.80. The van der Waals surface area contributed by atoms with Crippen LogP contribution in [0.5, 0.6) is 0 Å². The maximum absolute atomic E-state index is 12.0. The number of urea groups is 1. The molecule has 2 saturated heterocycles. The summed E-state index contributed by atoms with van der Waals surface area (Å²) >= 11 is 0. The van der Waals surface area contributed by atoms with Gasteiger partial charge in [0, 0.05) is 32.6 Å². The summed E-state index contributed by atoms with van der Waals surface area (Å²) in [4.78, 5) is 26.6. The van der Waals surface area contributed by atoms with Crippen molar-refractivity contribution in [3.63, 3.8) is 0 Å². The molecule has 0 aliphatic carbocycles. The van der Waals surface area contributed by atoms with Crippen LogP contribution in [-0.4, -0.2) is 66.7 Å². The van der Waals surface area contributed by atoms with Gasteiger partial charge < -0.3 is 20.2 Å². The highest BCUT2D eigenvalue weighted by Crippen LogP contribution is 2.19. The van der Waals surface area contributed by atoms with Crippen LogP contribution in [0, 0.1) is 11.8 Å². The van der Waals surface area contributed by atoms with Gasteiger partial charge in [-0.15, -0.1) is 0 Å². The molecule has 0 saturated carbocycles. The van der Waals surface area contributed by atoms with Crippen LogP contribution in [0.2, 0.25) is 0 Å². The van der Waals surface area contributed by atoms with Crippen molar-refractivity contribution in [1.82, 2.24) is 15.1 Å². The number of hydrogen-bond acceptors (Lipinski definition) is 3. The molecule has 2 aliphatic rings. The minimum atomic E-state index is -0.777. The zero-order valence-electron chi connectivity index (χ0n) is 11.5. The Kier molecular flexibility index (Phi) is 4.63. The normalized spacial score (nSPS) is 27.7. The van der Waals surface area contributed by atoms with Crippen LogP contribution in [0.15, 0.2) is 0 Å². The van der Waals surface area contributed by atoms with Gasteiger partial charge in [0.1, 0.15) is 0 Å². The topological polar surface area (TPSA) is 72.9 Å². The van der Waals surface area contributed by atoms with Gasteiger partial charge in [-0.1, -0.05) is 0 Å². The van der Waals surface area contributed by atoms with Gasteiger partial charge in [0.15, 0.2) is 0 Å². The Bertz CT molecular complexity index is 348. The number of rotatable bonds is 4. The first-order valence-electron chi connectivity index (χ1n) is 6.97. The maximum atomic E-state index is 12.0. The number of carbonyl (C=O) groups is 2. The van der Waals surface area contributed by atoms with E-state index in [1.807, 2.05) is 0 Å². The van der Waals surface area contributed by atoms with Crippen LogP contribution >= 0.6 is 0 Å². The largest absolute Gasteiger partial charge is 0.481 e. The van der Waals surface area contributed by atoms with Gasteiger partial charge in [-0.2, -0.15) is 0 Å². The van der Waals surface area contributed by atoms with E-state index < -0.39 is 5.97 Å². The fourth-order valence-electron chi connectivity index (χ4n) is 2.97. The van der Waals surface area contributed by atoms with Gasteiger partial charge in [-0.25, -0.2) is 4.79 Å². The minimum absolute atomic E-state index is 0.0394. The van der Waals surface area contributed by atoms with Crippen LogP contribution in [0.3, 0.4) is 0 Å². The van der Waals surface area contributed by atoms with E-state index in [4.69, 9.17) is 5.11 Å². The first-order chi connectivity index (χ1) is 9.04.